The summed E-state index contributed by atoms with van der Waals surface area (Å²) in [5.74, 6) is -1.45. The number of nitrogens with zero attached hydrogens (tertiary/aromatic N) is 4. The highest BCUT2D eigenvalue weighted by Gasteiger charge is 2.55. The number of hydrogen-bond acceptors (Lipinski definition) is 5. The van der Waals surface area contributed by atoms with Crippen molar-refractivity contribution in [1.82, 2.24) is 4.57 Å². The van der Waals surface area contributed by atoms with Crippen LogP contribution in [0.25, 0.3) is 5.70 Å². The van der Waals surface area contributed by atoms with Gasteiger partial charge in [-0.1, -0.05) is 39.5 Å². The monoisotopic (exact) mass is 488 g/mol. The van der Waals surface area contributed by atoms with Crippen molar-refractivity contribution in [1.29, 1.82) is 0 Å². The van der Waals surface area contributed by atoms with Crippen LogP contribution in [0.3, 0.4) is 0 Å². The van der Waals surface area contributed by atoms with Crippen LogP contribution in [-0.2, 0) is 14.1 Å². The Morgan fingerprint density at radius 1 is 1.08 bits per heavy atom. The molecule has 1 atom stereocenters. The molecular formula is C26H24N4O6+2. The second-order valence-corrected chi connectivity index (χ2v) is 9.23. The maximum Gasteiger partial charge on any atom is 0.466 e. The molecule has 0 bridgehead atoms. The van der Waals surface area contributed by atoms with Gasteiger partial charge in [0.15, 0.2) is 18.4 Å². The lowest BCUT2D eigenvalue weighted by molar-refractivity contribution is -0.719. The Morgan fingerprint density at radius 2 is 1.69 bits per heavy atom. The quantitative estimate of drug-likeness (QED) is 0.252. The van der Waals surface area contributed by atoms with Crippen molar-refractivity contribution in [3.63, 3.8) is 0 Å². The van der Waals surface area contributed by atoms with E-state index in [1.165, 1.54) is 40.5 Å². The molecule has 5 rings (SSSR count). The number of aromatic nitrogens is 2. The van der Waals surface area contributed by atoms with Gasteiger partial charge >= 0.3 is 17.7 Å². The number of nitro groups is 1. The van der Waals surface area contributed by atoms with Gasteiger partial charge in [0.25, 0.3) is 11.2 Å². The Kier molecular flexibility index (Phi) is 5.13. The van der Waals surface area contributed by atoms with Crippen LogP contribution < -0.4 is 10.1 Å². The highest BCUT2D eigenvalue weighted by molar-refractivity contribution is 6.21. The summed E-state index contributed by atoms with van der Waals surface area (Å²) in [4.78, 5) is 38.3. The average Bonchev–Trinajstić information content (AvgIpc) is 3.16. The summed E-state index contributed by atoms with van der Waals surface area (Å²) in [6, 6.07) is 12.4. The molecule has 0 radical (unpaired) electrons. The van der Waals surface area contributed by atoms with Gasteiger partial charge in [0.1, 0.15) is 0 Å². The third-order valence-electron chi connectivity index (χ3n) is 6.82. The second kappa shape index (κ2) is 7.98. The van der Waals surface area contributed by atoms with Crippen LogP contribution in [0.5, 0.6) is 6.01 Å². The molecule has 0 fully saturated rings. The van der Waals surface area contributed by atoms with Gasteiger partial charge in [-0.15, -0.1) is 0 Å². The lowest BCUT2D eigenvalue weighted by atomic mass is 9.81. The topological polar surface area (TPSA) is 130 Å². The predicted molar refractivity (Wildman–Crippen MR) is 130 cm³/mol. The number of Topliss-reactive ketones (excluding diaryl/α,β-unsaturated/α-hetero) is 1. The molecule has 36 heavy (non-hydrogen) atoms. The van der Waals surface area contributed by atoms with E-state index in [4.69, 9.17) is 0 Å². The molecule has 2 N–H and O–H groups in total. The molecule has 0 saturated carbocycles. The third kappa shape index (κ3) is 3.03. The Hall–Kier alpha value is -4.60. The van der Waals surface area contributed by atoms with E-state index < -0.39 is 16.4 Å². The molecule has 1 aromatic heterocycles. The molecule has 2 aliphatic rings. The zero-order valence-electron chi connectivity index (χ0n) is 20.1. The van der Waals surface area contributed by atoms with Gasteiger partial charge in [-0.3, -0.25) is 19.7 Å². The highest BCUT2D eigenvalue weighted by Crippen LogP contribution is 2.50. The van der Waals surface area contributed by atoms with Gasteiger partial charge in [-0.2, -0.15) is 0 Å². The molecule has 1 aliphatic carbocycles. The summed E-state index contributed by atoms with van der Waals surface area (Å²) in [7, 11) is 2.98. The van der Waals surface area contributed by atoms with Crippen LogP contribution >= 0.6 is 0 Å². The van der Waals surface area contributed by atoms with Crippen molar-refractivity contribution in [2.24, 2.45) is 20.0 Å². The van der Waals surface area contributed by atoms with Crippen molar-refractivity contribution in [2.45, 2.75) is 19.8 Å². The van der Waals surface area contributed by atoms with E-state index >= 15 is 0 Å². The van der Waals surface area contributed by atoms with Crippen molar-refractivity contribution < 1.29 is 29.1 Å². The molecule has 10 nitrogen and oxygen atoms in total. The molecule has 1 aliphatic heterocycles. The van der Waals surface area contributed by atoms with E-state index in [0.29, 0.717) is 22.4 Å². The number of hydrogen-bond donors (Lipinski definition) is 2. The number of non-ortho nitro benzene ring substituents is 1. The number of allylic oxidation sites excluding steroid dienone is 1. The second-order valence-electron chi connectivity index (χ2n) is 9.23. The number of aliphatic hydroxyl groups excluding tert-OH is 1. The van der Waals surface area contributed by atoms with E-state index in [0.717, 1.165) is 4.57 Å². The number of benzene rings is 2. The van der Waals surface area contributed by atoms with Crippen LogP contribution in [0.2, 0.25) is 0 Å². The van der Waals surface area contributed by atoms with E-state index in [2.05, 4.69) is 0 Å². The van der Waals surface area contributed by atoms with Crippen LogP contribution in [0.15, 0.2) is 58.9 Å². The minimum atomic E-state index is -0.891. The molecule has 2 aromatic carbocycles. The summed E-state index contributed by atoms with van der Waals surface area (Å²) in [6.07, 6.45) is 0. The molecule has 0 spiro atoms. The zero-order chi connectivity index (χ0) is 26.0. The fourth-order valence-electron chi connectivity index (χ4n) is 5.04. The van der Waals surface area contributed by atoms with Crippen molar-refractivity contribution in [3.8, 4) is 6.01 Å². The van der Waals surface area contributed by atoms with E-state index in [1.807, 2.05) is 0 Å². The molecular weight excluding hydrogens is 464 g/mol. The molecule has 2 heterocycles. The lowest BCUT2D eigenvalue weighted by Gasteiger charge is -2.23. The third-order valence-corrected chi connectivity index (χ3v) is 6.82. The van der Waals surface area contributed by atoms with Crippen LogP contribution in [0.1, 0.15) is 46.8 Å². The van der Waals surface area contributed by atoms with Crippen molar-refractivity contribution in [2.75, 3.05) is 0 Å². The minimum absolute atomic E-state index is 0.0985. The predicted octanol–water partition coefficient (Wildman–Crippen LogP) is 2.83. The van der Waals surface area contributed by atoms with E-state index in [-0.39, 0.29) is 46.3 Å². The minimum Gasteiger partial charge on any atom is -0.463 e. The number of rotatable bonds is 3. The van der Waals surface area contributed by atoms with Crippen LogP contribution in [0, 0.1) is 16.0 Å². The fourth-order valence-corrected chi connectivity index (χ4v) is 5.04. The Balaban J connectivity index is 1.98. The first-order valence-corrected chi connectivity index (χ1v) is 11.4. The maximum atomic E-state index is 13.8. The molecule has 3 aromatic rings. The van der Waals surface area contributed by atoms with Crippen LogP contribution in [-0.4, -0.2) is 36.0 Å². The van der Waals surface area contributed by atoms with Crippen molar-refractivity contribution >= 4 is 28.9 Å². The maximum absolute atomic E-state index is 13.8. The standard InChI is InChI=1S/C26H22N4O6/c1-13(2)24(32)29-21-16-7-5-6-8-17(16)22(31)19(21)18(14-9-11-15(12-10-14)30(35)36)20-23(29)27(3)26(34)28(4)25(20)33/h5-13,18H,1-4H3/p+2. The number of carbonyl (C=O) groups is 1. The summed E-state index contributed by atoms with van der Waals surface area (Å²) in [6.45, 7) is 3.56. The number of nitro benzene ring substituents is 1. The van der Waals surface area contributed by atoms with Crippen LogP contribution in [0.4, 0.5) is 11.5 Å². The van der Waals surface area contributed by atoms with Gasteiger partial charge in [-0.25, -0.2) is 4.57 Å². The van der Waals surface area contributed by atoms with Gasteiger partial charge < -0.3 is 10.2 Å². The van der Waals surface area contributed by atoms with E-state index in [1.54, 1.807) is 45.2 Å². The van der Waals surface area contributed by atoms with E-state index in [9.17, 15) is 29.9 Å². The lowest BCUT2D eigenvalue weighted by Crippen LogP contribution is -2.46. The summed E-state index contributed by atoms with van der Waals surface area (Å²) < 4.78 is 3.94. The molecule has 0 amide bonds. The largest absolute Gasteiger partial charge is 0.466 e. The van der Waals surface area contributed by atoms with Gasteiger partial charge in [0, 0.05) is 24.7 Å². The van der Waals surface area contributed by atoms with Gasteiger partial charge in [0.2, 0.25) is 5.70 Å². The molecule has 1 unspecified atom stereocenters. The number of ketones is 1. The van der Waals surface area contributed by atoms with Gasteiger partial charge in [0.05, 0.1) is 27.9 Å². The number of aromatic hydroxyl groups is 1. The normalized spacial score (nSPS) is 17.7. The fraction of sp³-hybridized carbons (Fsp3) is 0.231. The Labute approximate surface area is 205 Å². The number of aliphatic hydroxyl groups is 1. The van der Waals surface area contributed by atoms with Crippen molar-refractivity contribution in [3.05, 3.63) is 96.8 Å². The number of carbonyl (C=O) groups excluding carboxylic acids is 1. The first-order chi connectivity index (χ1) is 17.1. The Bertz CT molecular complexity index is 1610. The average molecular weight is 489 g/mol. The molecule has 0 saturated heterocycles. The first kappa shape index (κ1) is 23.2. The highest BCUT2D eigenvalue weighted by atomic mass is 16.6. The Morgan fingerprint density at radius 3 is 2.28 bits per heavy atom. The SMILES string of the molecule is CC(C)/C(O)=[N+]1\C2=C(C(=O)c3ccccc32)C(c2ccc([N+](=O)[O-])cc2)c2c1[n+](C)c(O)n(C)c2=O. The van der Waals surface area contributed by atoms with Gasteiger partial charge in [-0.05, 0) is 25.5 Å². The number of fused-ring (bicyclic) bond motifs is 3. The zero-order valence-corrected chi connectivity index (χ0v) is 20.1. The molecule has 182 valence electrons. The first-order valence-electron chi connectivity index (χ1n) is 11.4. The summed E-state index contributed by atoms with van der Waals surface area (Å²) in [5.41, 5.74) is 1.70. The summed E-state index contributed by atoms with van der Waals surface area (Å²) >= 11 is 0. The molecule has 10 heteroatoms. The smallest absolute Gasteiger partial charge is 0.463 e. The summed E-state index contributed by atoms with van der Waals surface area (Å²) in [5, 5.41) is 33.3.